The van der Waals surface area contributed by atoms with E-state index in [1.807, 2.05) is 6.92 Å². The summed E-state index contributed by atoms with van der Waals surface area (Å²) in [5.41, 5.74) is 5.67. The SMILES string of the molecule is CCCOc1cccc(C(=O)NNC(=O)c2ccc(OCCC(C)C)cc2)c1. The third-order valence-corrected chi connectivity index (χ3v) is 3.94. The van der Waals surface area contributed by atoms with Crippen LogP contribution in [0, 0.1) is 5.92 Å². The molecule has 0 saturated heterocycles. The fraction of sp³-hybridized carbons (Fsp3) is 0.364. The van der Waals surface area contributed by atoms with Crippen LogP contribution >= 0.6 is 0 Å². The van der Waals surface area contributed by atoms with Crippen LogP contribution in [-0.2, 0) is 0 Å². The molecule has 28 heavy (non-hydrogen) atoms. The zero-order chi connectivity index (χ0) is 20.4. The van der Waals surface area contributed by atoms with Crippen LogP contribution in [0.5, 0.6) is 11.5 Å². The standard InChI is InChI=1S/C22H28N2O4/c1-4-13-27-20-7-5-6-18(15-20)22(26)24-23-21(25)17-8-10-19(11-9-17)28-14-12-16(2)3/h5-11,15-16H,4,12-14H2,1-3H3,(H,23,25)(H,24,26). The lowest BCUT2D eigenvalue weighted by Crippen LogP contribution is -2.41. The summed E-state index contributed by atoms with van der Waals surface area (Å²) in [6.07, 6.45) is 1.85. The Morgan fingerprint density at radius 3 is 2.14 bits per heavy atom. The lowest BCUT2D eigenvalue weighted by molar-refractivity contribution is 0.0846. The number of hydrogen-bond acceptors (Lipinski definition) is 4. The lowest BCUT2D eigenvalue weighted by Gasteiger charge is -2.10. The summed E-state index contributed by atoms with van der Waals surface area (Å²) in [7, 11) is 0. The number of carbonyl (C=O) groups excluding carboxylic acids is 2. The first-order valence-electron chi connectivity index (χ1n) is 9.56. The van der Waals surface area contributed by atoms with Gasteiger partial charge in [-0.05, 0) is 61.2 Å². The average molecular weight is 384 g/mol. The van der Waals surface area contributed by atoms with Crippen LogP contribution in [0.1, 0.15) is 54.3 Å². The van der Waals surface area contributed by atoms with Crippen LogP contribution in [0.15, 0.2) is 48.5 Å². The summed E-state index contributed by atoms with van der Waals surface area (Å²) in [6, 6.07) is 13.6. The minimum Gasteiger partial charge on any atom is -0.494 e. The number of rotatable bonds is 9. The van der Waals surface area contributed by atoms with Crippen LogP contribution in [-0.4, -0.2) is 25.0 Å². The Balaban J connectivity index is 1.85. The second kappa shape index (κ2) is 11.0. The predicted octanol–water partition coefficient (Wildman–Crippen LogP) is 3.98. The summed E-state index contributed by atoms with van der Waals surface area (Å²) in [5, 5.41) is 0. The maximum absolute atomic E-state index is 12.2. The molecule has 2 rings (SSSR count). The van der Waals surface area contributed by atoms with Crippen molar-refractivity contribution in [3.63, 3.8) is 0 Å². The number of carbonyl (C=O) groups is 2. The maximum atomic E-state index is 12.2. The fourth-order valence-corrected chi connectivity index (χ4v) is 2.32. The Bertz CT molecular complexity index is 772. The summed E-state index contributed by atoms with van der Waals surface area (Å²) in [6.45, 7) is 7.51. The van der Waals surface area contributed by atoms with E-state index >= 15 is 0 Å². The molecule has 0 aliphatic rings. The normalized spacial score (nSPS) is 10.4. The molecule has 0 unspecified atom stereocenters. The minimum absolute atomic E-state index is 0.402. The Labute approximate surface area is 166 Å². The largest absolute Gasteiger partial charge is 0.494 e. The molecule has 2 amide bonds. The van der Waals surface area contributed by atoms with E-state index < -0.39 is 11.8 Å². The monoisotopic (exact) mass is 384 g/mol. The van der Waals surface area contributed by atoms with Gasteiger partial charge >= 0.3 is 0 Å². The van der Waals surface area contributed by atoms with Gasteiger partial charge in [0.25, 0.3) is 11.8 Å². The van der Waals surface area contributed by atoms with Crippen molar-refractivity contribution in [1.82, 2.24) is 10.9 Å². The molecule has 2 aromatic rings. The van der Waals surface area contributed by atoms with E-state index in [1.165, 1.54) is 0 Å². The van der Waals surface area contributed by atoms with E-state index in [-0.39, 0.29) is 0 Å². The Kier molecular flexibility index (Phi) is 8.34. The number of nitrogens with one attached hydrogen (secondary N) is 2. The molecular weight excluding hydrogens is 356 g/mol. The summed E-state index contributed by atoms with van der Waals surface area (Å²) in [5.74, 6) is 1.09. The highest BCUT2D eigenvalue weighted by molar-refractivity contribution is 5.99. The number of hydrazine groups is 1. The maximum Gasteiger partial charge on any atom is 0.269 e. The first-order chi connectivity index (χ1) is 13.5. The third-order valence-electron chi connectivity index (χ3n) is 3.94. The molecule has 0 saturated carbocycles. The molecule has 0 heterocycles. The molecule has 0 spiro atoms. The molecule has 0 radical (unpaired) electrons. The number of amides is 2. The molecule has 0 aliphatic carbocycles. The molecule has 0 bridgehead atoms. The van der Waals surface area contributed by atoms with Gasteiger partial charge in [0, 0.05) is 11.1 Å². The lowest BCUT2D eigenvalue weighted by atomic mass is 10.1. The van der Waals surface area contributed by atoms with Gasteiger partial charge < -0.3 is 9.47 Å². The van der Waals surface area contributed by atoms with Crippen molar-refractivity contribution in [3.05, 3.63) is 59.7 Å². The molecule has 6 heteroatoms. The summed E-state index contributed by atoms with van der Waals surface area (Å²) >= 11 is 0. The summed E-state index contributed by atoms with van der Waals surface area (Å²) in [4.78, 5) is 24.4. The van der Waals surface area contributed by atoms with Gasteiger partial charge in [0.1, 0.15) is 11.5 Å². The first kappa shape index (κ1) is 21.3. The van der Waals surface area contributed by atoms with Crippen molar-refractivity contribution in [2.75, 3.05) is 13.2 Å². The highest BCUT2D eigenvalue weighted by Gasteiger charge is 2.10. The highest BCUT2D eigenvalue weighted by atomic mass is 16.5. The second-order valence-corrected chi connectivity index (χ2v) is 6.84. The predicted molar refractivity (Wildman–Crippen MR) is 109 cm³/mol. The van der Waals surface area contributed by atoms with Gasteiger partial charge in [-0.1, -0.05) is 26.8 Å². The molecule has 0 atom stereocenters. The molecule has 0 aliphatic heterocycles. The van der Waals surface area contributed by atoms with E-state index in [9.17, 15) is 9.59 Å². The van der Waals surface area contributed by atoms with Gasteiger partial charge in [-0.25, -0.2) is 0 Å². The van der Waals surface area contributed by atoms with Gasteiger partial charge in [0.05, 0.1) is 13.2 Å². The average Bonchev–Trinajstić information content (AvgIpc) is 2.70. The topological polar surface area (TPSA) is 76.7 Å². The van der Waals surface area contributed by atoms with Crippen LogP contribution < -0.4 is 20.3 Å². The first-order valence-corrected chi connectivity index (χ1v) is 9.56. The molecule has 0 fully saturated rings. The van der Waals surface area contributed by atoms with Crippen molar-refractivity contribution in [2.24, 2.45) is 5.92 Å². The van der Waals surface area contributed by atoms with E-state index in [4.69, 9.17) is 9.47 Å². The molecule has 2 aromatic carbocycles. The van der Waals surface area contributed by atoms with Gasteiger partial charge in [0.15, 0.2) is 0 Å². The molecular formula is C22H28N2O4. The smallest absolute Gasteiger partial charge is 0.269 e. The van der Waals surface area contributed by atoms with Gasteiger partial charge in [-0.2, -0.15) is 0 Å². The molecule has 0 aromatic heterocycles. The van der Waals surface area contributed by atoms with Crippen molar-refractivity contribution in [3.8, 4) is 11.5 Å². The second-order valence-electron chi connectivity index (χ2n) is 6.84. The van der Waals surface area contributed by atoms with Gasteiger partial charge in [-0.3, -0.25) is 20.4 Å². The highest BCUT2D eigenvalue weighted by Crippen LogP contribution is 2.14. The van der Waals surface area contributed by atoms with E-state index in [2.05, 4.69) is 24.7 Å². The molecule has 2 N–H and O–H groups in total. The van der Waals surface area contributed by atoms with Crippen LogP contribution in [0.2, 0.25) is 0 Å². The van der Waals surface area contributed by atoms with Crippen LogP contribution in [0.4, 0.5) is 0 Å². The van der Waals surface area contributed by atoms with Crippen molar-refractivity contribution < 1.29 is 19.1 Å². The quantitative estimate of drug-likeness (QED) is 0.641. The van der Waals surface area contributed by atoms with Gasteiger partial charge in [-0.15, -0.1) is 0 Å². The number of ether oxygens (including phenoxy) is 2. The van der Waals surface area contributed by atoms with Gasteiger partial charge in [0.2, 0.25) is 0 Å². The van der Waals surface area contributed by atoms with E-state index in [1.54, 1.807) is 48.5 Å². The summed E-state index contributed by atoms with van der Waals surface area (Å²) < 4.78 is 11.1. The van der Waals surface area contributed by atoms with Crippen molar-refractivity contribution in [1.29, 1.82) is 0 Å². The Hall–Kier alpha value is -3.02. The number of hydrogen-bond donors (Lipinski definition) is 2. The zero-order valence-corrected chi connectivity index (χ0v) is 16.7. The molecule has 6 nitrogen and oxygen atoms in total. The minimum atomic E-state index is -0.413. The van der Waals surface area contributed by atoms with Crippen LogP contribution in [0.25, 0.3) is 0 Å². The van der Waals surface area contributed by atoms with Crippen LogP contribution in [0.3, 0.4) is 0 Å². The zero-order valence-electron chi connectivity index (χ0n) is 16.7. The third kappa shape index (κ3) is 6.95. The number of benzene rings is 2. The van der Waals surface area contributed by atoms with E-state index in [0.717, 1.165) is 12.8 Å². The molecule has 150 valence electrons. The van der Waals surface area contributed by atoms with E-state index in [0.29, 0.717) is 41.8 Å². The fourth-order valence-electron chi connectivity index (χ4n) is 2.32. The van der Waals surface area contributed by atoms with Crippen molar-refractivity contribution >= 4 is 11.8 Å². The van der Waals surface area contributed by atoms with Crippen molar-refractivity contribution in [2.45, 2.75) is 33.6 Å². The Morgan fingerprint density at radius 2 is 1.50 bits per heavy atom. The Morgan fingerprint density at radius 1 is 0.857 bits per heavy atom.